The Morgan fingerprint density at radius 2 is 1.02 bits per heavy atom. The van der Waals surface area contributed by atoms with Gasteiger partial charge in [-0.1, -0.05) is 151 Å². The first-order valence-electron chi connectivity index (χ1n) is 22.0. The monoisotopic (exact) mass is 693 g/mol. The first-order chi connectivity index (χ1) is 30.2. The molecule has 2 nitrogen and oxygen atoms in total. The summed E-state index contributed by atoms with van der Waals surface area (Å²) in [6.45, 7) is 0. The Hall–Kier alpha value is -7.16. The van der Waals surface area contributed by atoms with Crippen LogP contribution in [0, 0.1) is 0 Å². The molecule has 0 radical (unpaired) electrons. The summed E-state index contributed by atoms with van der Waals surface area (Å²) in [7, 11) is 0. The van der Waals surface area contributed by atoms with Crippen LogP contribution in [0.15, 0.2) is 192 Å². The van der Waals surface area contributed by atoms with E-state index in [4.69, 9.17) is 4.42 Å². The summed E-state index contributed by atoms with van der Waals surface area (Å²) in [6.07, 6.45) is 0. The van der Waals surface area contributed by atoms with E-state index in [0.29, 0.717) is 27.7 Å². The fourth-order valence-corrected chi connectivity index (χ4v) is 8.46. The molecule has 10 aromatic carbocycles. The van der Waals surface area contributed by atoms with Gasteiger partial charge in [0.25, 0.3) is 0 Å². The van der Waals surface area contributed by atoms with Crippen LogP contribution in [0.3, 0.4) is 0 Å². The molecule has 0 N–H and O–H groups in total. The molecule has 0 aliphatic rings. The Balaban J connectivity index is 1.29. The van der Waals surface area contributed by atoms with Gasteiger partial charge in [0.15, 0.2) is 5.58 Å². The molecule has 0 aliphatic heterocycles. The highest BCUT2D eigenvalue weighted by Gasteiger charge is 2.24. The van der Waals surface area contributed by atoms with Gasteiger partial charge in [0.2, 0.25) is 0 Å². The van der Waals surface area contributed by atoms with E-state index in [2.05, 4.69) is 10.6 Å². The van der Waals surface area contributed by atoms with Gasteiger partial charge in [0.05, 0.1) is 22.0 Å². The van der Waals surface area contributed by atoms with Gasteiger partial charge in [-0.15, -0.1) is 0 Å². The fraction of sp³-hybridized carbons (Fsp3) is 0. The van der Waals surface area contributed by atoms with E-state index in [0.717, 1.165) is 44.0 Å². The summed E-state index contributed by atoms with van der Waals surface area (Å²) >= 11 is 0. The van der Waals surface area contributed by atoms with Crippen LogP contribution in [0.25, 0.3) is 115 Å². The molecule has 0 spiro atoms. The Morgan fingerprint density at radius 3 is 1.81 bits per heavy atom. The van der Waals surface area contributed by atoms with Crippen molar-refractivity contribution in [2.45, 2.75) is 0 Å². The maximum Gasteiger partial charge on any atom is 0.160 e. The average molecular weight is 694 g/mol. The lowest BCUT2D eigenvalue weighted by atomic mass is 9.86. The Labute approximate surface area is 322 Å². The van der Waals surface area contributed by atoms with E-state index in [9.17, 15) is 11.0 Å². The molecule has 0 fully saturated rings. The maximum absolute atomic E-state index is 9.81. The Kier molecular flexibility index (Phi) is 4.70. The van der Waals surface area contributed by atoms with Gasteiger partial charge < -0.3 is 8.98 Å². The second kappa shape index (κ2) is 11.2. The molecule has 0 bridgehead atoms. The van der Waals surface area contributed by atoms with Gasteiger partial charge >= 0.3 is 0 Å². The number of furan rings is 1. The van der Waals surface area contributed by atoms with Gasteiger partial charge in [0, 0.05) is 27.2 Å². The first kappa shape index (κ1) is 22.7. The van der Waals surface area contributed by atoms with Crippen LogP contribution in [-0.4, -0.2) is 4.57 Å². The molecular weight excluding hydrogens is 655 g/mol. The third kappa shape index (κ3) is 4.11. The lowest BCUT2D eigenvalue weighted by molar-refractivity contribution is 0.671. The summed E-state index contributed by atoms with van der Waals surface area (Å²) in [6, 6.07) is 42.8. The molecular formula is C52H31NO. The number of benzene rings is 10. The van der Waals surface area contributed by atoms with Crippen molar-refractivity contribution in [1.29, 1.82) is 0 Å². The fourth-order valence-electron chi connectivity index (χ4n) is 8.46. The lowest BCUT2D eigenvalue weighted by Crippen LogP contribution is -1.94. The minimum absolute atomic E-state index is 0.000853. The van der Waals surface area contributed by atoms with E-state index < -0.39 is 0 Å². The predicted molar refractivity (Wildman–Crippen MR) is 228 cm³/mol. The zero-order valence-corrected chi connectivity index (χ0v) is 28.6. The van der Waals surface area contributed by atoms with Gasteiger partial charge in [-0.05, 0) is 102 Å². The molecule has 2 heteroatoms. The number of para-hydroxylation sites is 3. The third-order valence-corrected chi connectivity index (χ3v) is 10.8. The lowest BCUT2D eigenvalue weighted by Gasteiger charge is -2.17. The van der Waals surface area contributed by atoms with E-state index in [-0.39, 0.29) is 91.8 Å². The zero-order valence-electron chi connectivity index (χ0n) is 36.6. The standard InChI is InChI=1S/C52H31NO/c1-3-12-32(13-4-1)35-14-11-15-36(30-35)38-26-22-33-25-29-42-39(27-23-34-24-28-41(38)48(33)49(34)42)44-31-45-40-18-7-9-20-46(40)53(37-16-5-2-6-17-37)51(45)52-50(44)43-19-8-10-21-47(43)54-52/h1-31H/i22D,23D,24D,25D,26D,27D,28D,29D. The van der Waals surface area contributed by atoms with Crippen molar-refractivity contribution in [1.82, 2.24) is 4.57 Å². The van der Waals surface area contributed by atoms with Crippen LogP contribution in [-0.2, 0) is 0 Å². The van der Waals surface area contributed by atoms with Crippen LogP contribution in [0.4, 0.5) is 0 Å². The second-order valence-corrected chi connectivity index (χ2v) is 13.8. The molecule has 2 aromatic heterocycles. The van der Waals surface area contributed by atoms with Crippen LogP contribution in [0.1, 0.15) is 11.0 Å². The van der Waals surface area contributed by atoms with Crippen molar-refractivity contribution in [3.05, 3.63) is 188 Å². The van der Waals surface area contributed by atoms with Gasteiger partial charge in [-0.2, -0.15) is 0 Å². The Bertz CT molecular complexity index is 3890. The Morgan fingerprint density at radius 1 is 0.407 bits per heavy atom. The second-order valence-electron chi connectivity index (χ2n) is 13.8. The van der Waals surface area contributed by atoms with Crippen molar-refractivity contribution in [3.63, 3.8) is 0 Å². The van der Waals surface area contributed by atoms with E-state index >= 15 is 0 Å². The molecule has 54 heavy (non-hydrogen) atoms. The average Bonchev–Trinajstić information content (AvgIpc) is 3.86. The molecule has 2 heterocycles. The molecule has 0 aliphatic carbocycles. The highest BCUT2D eigenvalue weighted by atomic mass is 16.3. The number of aromatic nitrogens is 1. The SMILES string of the molecule is [2H]c1c([2H])c2c([2H])c([2H])c3c(-c4cc5c6ccccc6n(-c6ccccc6)c5c5oc6ccccc6c45)c([2H])c([2H])c4c([2H])c([2H])c(c1-c1cccc(-c5ccccc5)c1)c2c43. The predicted octanol–water partition coefficient (Wildman–Crippen LogP) is 14.6. The molecule has 0 atom stereocenters. The van der Waals surface area contributed by atoms with Gasteiger partial charge in [-0.3, -0.25) is 0 Å². The molecule has 0 saturated carbocycles. The van der Waals surface area contributed by atoms with Gasteiger partial charge in [0.1, 0.15) is 5.58 Å². The topological polar surface area (TPSA) is 18.1 Å². The number of rotatable bonds is 4. The summed E-state index contributed by atoms with van der Waals surface area (Å²) in [5, 5.41) is 4.09. The number of nitrogens with zero attached hydrogens (tertiary/aromatic N) is 1. The van der Waals surface area contributed by atoms with Crippen LogP contribution in [0.5, 0.6) is 0 Å². The number of fused-ring (bicyclic) bond motifs is 7. The van der Waals surface area contributed by atoms with Crippen LogP contribution < -0.4 is 0 Å². The number of hydrogen-bond acceptors (Lipinski definition) is 1. The molecule has 250 valence electrons. The summed E-state index contributed by atoms with van der Waals surface area (Å²) in [5.74, 6) is 0. The largest absolute Gasteiger partial charge is 0.454 e. The van der Waals surface area contributed by atoms with Crippen LogP contribution >= 0.6 is 0 Å². The van der Waals surface area contributed by atoms with E-state index in [1.807, 2.05) is 133 Å². The molecule has 12 aromatic rings. The smallest absolute Gasteiger partial charge is 0.160 e. The minimum atomic E-state index is -0.322. The van der Waals surface area contributed by atoms with E-state index in [1.54, 1.807) is 0 Å². The summed E-state index contributed by atoms with van der Waals surface area (Å²) in [4.78, 5) is 0. The molecule has 12 rings (SSSR count). The molecule has 0 saturated heterocycles. The van der Waals surface area contributed by atoms with Crippen molar-refractivity contribution in [3.8, 4) is 39.1 Å². The molecule has 0 unspecified atom stereocenters. The minimum Gasteiger partial charge on any atom is -0.454 e. The maximum atomic E-state index is 9.81. The summed E-state index contributed by atoms with van der Waals surface area (Å²) < 4.78 is 85.7. The zero-order chi connectivity index (χ0) is 42.3. The number of hydrogen-bond donors (Lipinski definition) is 0. The quantitative estimate of drug-likeness (QED) is 0.168. The van der Waals surface area contributed by atoms with Gasteiger partial charge in [-0.25, -0.2) is 0 Å². The van der Waals surface area contributed by atoms with Crippen LogP contribution in [0.2, 0.25) is 0 Å². The highest BCUT2D eigenvalue weighted by Crippen LogP contribution is 2.48. The van der Waals surface area contributed by atoms with Crippen molar-refractivity contribution >= 4 is 76.1 Å². The summed E-state index contributed by atoms with van der Waals surface area (Å²) in [5.41, 5.74) is 7.22. The van der Waals surface area contributed by atoms with E-state index in [1.165, 1.54) is 0 Å². The normalized spacial score (nSPS) is 14.1. The van der Waals surface area contributed by atoms with Crippen molar-refractivity contribution in [2.24, 2.45) is 0 Å². The van der Waals surface area contributed by atoms with Crippen molar-refractivity contribution < 1.29 is 15.4 Å². The van der Waals surface area contributed by atoms with Crippen molar-refractivity contribution in [2.75, 3.05) is 0 Å². The highest BCUT2D eigenvalue weighted by molar-refractivity contribution is 6.31. The first-order valence-corrected chi connectivity index (χ1v) is 18.0. The third-order valence-electron chi connectivity index (χ3n) is 10.8. The molecule has 0 amide bonds.